The first kappa shape index (κ1) is 18.0. The molecular weight excluding hydrogens is 346 g/mol. The summed E-state index contributed by atoms with van der Waals surface area (Å²) in [7, 11) is 0. The Morgan fingerprint density at radius 2 is 1.73 bits per heavy atom. The maximum atomic E-state index is 12.6. The van der Waals surface area contributed by atoms with Gasteiger partial charge in [0.05, 0.1) is 11.3 Å². The van der Waals surface area contributed by atoms with Crippen LogP contribution in [0, 0.1) is 13.8 Å². The van der Waals surface area contributed by atoms with Gasteiger partial charge in [-0.25, -0.2) is 0 Å². The Balaban J connectivity index is 1.70. The molecule has 1 aromatic heterocycles. The van der Waals surface area contributed by atoms with E-state index in [0.29, 0.717) is 17.1 Å². The van der Waals surface area contributed by atoms with Crippen molar-refractivity contribution in [2.75, 3.05) is 10.6 Å². The lowest BCUT2D eigenvalue weighted by Gasteiger charge is -2.12. The summed E-state index contributed by atoms with van der Waals surface area (Å²) >= 11 is 5.90. The second-order valence-electron chi connectivity index (χ2n) is 6.16. The second-order valence-corrected chi connectivity index (χ2v) is 6.60. The molecule has 3 aromatic rings. The highest BCUT2D eigenvalue weighted by molar-refractivity contribution is 6.30. The average molecular weight is 366 g/mol. The number of nitrogens with one attached hydrogen (secondary N) is 2. The Kier molecular flexibility index (Phi) is 5.54. The second kappa shape index (κ2) is 8.02. The Bertz CT molecular complexity index is 903. The first-order valence-electron chi connectivity index (χ1n) is 8.34. The SMILES string of the molecule is Cc1cccc(C)c1NC(=O)c1cncc(NCc2ccc(Cl)cc2)c1. The van der Waals surface area contributed by atoms with Crippen molar-refractivity contribution in [3.63, 3.8) is 0 Å². The van der Waals surface area contributed by atoms with Gasteiger partial charge in [-0.15, -0.1) is 0 Å². The zero-order valence-corrected chi connectivity index (χ0v) is 15.5. The number of hydrogen-bond donors (Lipinski definition) is 2. The summed E-state index contributed by atoms with van der Waals surface area (Å²) < 4.78 is 0. The van der Waals surface area contributed by atoms with Crippen LogP contribution in [0.15, 0.2) is 60.9 Å². The number of carbonyl (C=O) groups is 1. The molecule has 1 heterocycles. The van der Waals surface area contributed by atoms with Crippen LogP contribution in [0.3, 0.4) is 0 Å². The van der Waals surface area contributed by atoms with Crippen molar-refractivity contribution in [3.8, 4) is 0 Å². The molecule has 0 fully saturated rings. The van der Waals surface area contributed by atoms with Crippen molar-refractivity contribution in [2.24, 2.45) is 0 Å². The largest absolute Gasteiger partial charge is 0.380 e. The maximum absolute atomic E-state index is 12.6. The monoisotopic (exact) mass is 365 g/mol. The molecule has 3 rings (SSSR count). The molecule has 0 saturated heterocycles. The number of aromatic nitrogens is 1. The predicted molar refractivity (Wildman–Crippen MR) is 107 cm³/mol. The fraction of sp³-hybridized carbons (Fsp3) is 0.143. The smallest absolute Gasteiger partial charge is 0.257 e. The summed E-state index contributed by atoms with van der Waals surface area (Å²) in [5.74, 6) is -0.176. The van der Waals surface area contributed by atoms with E-state index >= 15 is 0 Å². The van der Waals surface area contributed by atoms with Gasteiger partial charge in [0, 0.05) is 29.6 Å². The highest BCUT2D eigenvalue weighted by Gasteiger charge is 2.10. The van der Waals surface area contributed by atoms with E-state index in [2.05, 4.69) is 15.6 Å². The summed E-state index contributed by atoms with van der Waals surface area (Å²) in [6.07, 6.45) is 3.27. The molecule has 26 heavy (non-hydrogen) atoms. The lowest BCUT2D eigenvalue weighted by molar-refractivity contribution is 0.102. The third-order valence-electron chi connectivity index (χ3n) is 4.13. The fourth-order valence-corrected chi connectivity index (χ4v) is 2.79. The molecule has 4 nitrogen and oxygen atoms in total. The first-order chi connectivity index (χ1) is 12.5. The van der Waals surface area contributed by atoms with E-state index in [1.165, 1.54) is 0 Å². The molecule has 0 aliphatic rings. The Morgan fingerprint density at radius 3 is 2.42 bits per heavy atom. The number of para-hydroxylation sites is 1. The molecule has 0 saturated carbocycles. The van der Waals surface area contributed by atoms with Crippen molar-refractivity contribution >= 4 is 28.9 Å². The summed E-state index contributed by atoms with van der Waals surface area (Å²) in [6.45, 7) is 4.58. The topological polar surface area (TPSA) is 54.0 Å². The van der Waals surface area contributed by atoms with Crippen LogP contribution in [0.1, 0.15) is 27.0 Å². The van der Waals surface area contributed by atoms with Gasteiger partial charge in [0.2, 0.25) is 0 Å². The third-order valence-corrected chi connectivity index (χ3v) is 4.38. The molecule has 5 heteroatoms. The molecular formula is C21H20ClN3O. The van der Waals surface area contributed by atoms with Gasteiger partial charge in [-0.3, -0.25) is 9.78 Å². The third kappa shape index (κ3) is 4.41. The number of anilines is 2. The van der Waals surface area contributed by atoms with Crippen LogP contribution in [0.4, 0.5) is 11.4 Å². The summed E-state index contributed by atoms with van der Waals surface area (Å²) in [4.78, 5) is 16.8. The number of hydrogen-bond acceptors (Lipinski definition) is 3. The van der Waals surface area contributed by atoms with Crippen molar-refractivity contribution in [2.45, 2.75) is 20.4 Å². The quantitative estimate of drug-likeness (QED) is 0.652. The molecule has 2 N–H and O–H groups in total. The number of rotatable bonds is 5. The van der Waals surface area contributed by atoms with E-state index in [0.717, 1.165) is 28.1 Å². The van der Waals surface area contributed by atoms with E-state index < -0.39 is 0 Å². The van der Waals surface area contributed by atoms with Gasteiger partial charge < -0.3 is 10.6 Å². The minimum atomic E-state index is -0.176. The van der Waals surface area contributed by atoms with Crippen LogP contribution < -0.4 is 10.6 Å². The minimum absolute atomic E-state index is 0.176. The lowest BCUT2D eigenvalue weighted by atomic mass is 10.1. The predicted octanol–water partition coefficient (Wildman–Crippen LogP) is 5.22. The van der Waals surface area contributed by atoms with Crippen molar-refractivity contribution in [1.29, 1.82) is 0 Å². The minimum Gasteiger partial charge on any atom is -0.380 e. The van der Waals surface area contributed by atoms with E-state index in [1.807, 2.05) is 56.3 Å². The number of benzene rings is 2. The molecule has 132 valence electrons. The van der Waals surface area contributed by atoms with Gasteiger partial charge in [-0.1, -0.05) is 41.9 Å². The zero-order valence-electron chi connectivity index (χ0n) is 14.7. The standard InChI is InChI=1S/C21H20ClN3O/c1-14-4-3-5-15(2)20(14)25-21(26)17-10-19(13-23-12-17)24-11-16-6-8-18(22)9-7-16/h3-10,12-13,24H,11H2,1-2H3,(H,25,26). The van der Waals surface area contributed by atoms with Crippen molar-refractivity contribution in [3.05, 3.63) is 88.2 Å². The van der Waals surface area contributed by atoms with E-state index in [9.17, 15) is 4.79 Å². The number of pyridine rings is 1. The molecule has 1 amide bonds. The van der Waals surface area contributed by atoms with Crippen LogP contribution in [-0.2, 0) is 6.54 Å². The molecule has 0 aliphatic heterocycles. The van der Waals surface area contributed by atoms with E-state index in [1.54, 1.807) is 18.5 Å². The Morgan fingerprint density at radius 1 is 1.04 bits per heavy atom. The Labute approximate surface area is 158 Å². The number of aryl methyl sites for hydroxylation is 2. The van der Waals surface area contributed by atoms with E-state index in [-0.39, 0.29) is 5.91 Å². The summed E-state index contributed by atoms with van der Waals surface area (Å²) in [6, 6.07) is 15.3. The normalized spacial score (nSPS) is 10.4. The molecule has 0 atom stereocenters. The highest BCUT2D eigenvalue weighted by atomic mass is 35.5. The van der Waals surface area contributed by atoms with Crippen LogP contribution in [0.2, 0.25) is 5.02 Å². The van der Waals surface area contributed by atoms with Crippen LogP contribution in [-0.4, -0.2) is 10.9 Å². The van der Waals surface area contributed by atoms with Crippen LogP contribution in [0.25, 0.3) is 0 Å². The van der Waals surface area contributed by atoms with Gasteiger partial charge in [0.1, 0.15) is 0 Å². The molecule has 0 aliphatic carbocycles. The lowest BCUT2D eigenvalue weighted by Crippen LogP contribution is -2.14. The van der Waals surface area contributed by atoms with Crippen LogP contribution >= 0.6 is 11.6 Å². The average Bonchev–Trinajstić information content (AvgIpc) is 2.64. The van der Waals surface area contributed by atoms with Crippen molar-refractivity contribution < 1.29 is 4.79 Å². The summed E-state index contributed by atoms with van der Waals surface area (Å²) in [5.41, 5.74) is 5.30. The number of amides is 1. The van der Waals surface area contributed by atoms with Gasteiger partial charge in [-0.2, -0.15) is 0 Å². The fourth-order valence-electron chi connectivity index (χ4n) is 2.66. The van der Waals surface area contributed by atoms with Gasteiger partial charge in [-0.05, 0) is 48.7 Å². The number of halogens is 1. The molecule has 2 aromatic carbocycles. The Hall–Kier alpha value is -2.85. The van der Waals surface area contributed by atoms with Gasteiger partial charge in [0.25, 0.3) is 5.91 Å². The molecule has 0 unspecified atom stereocenters. The highest BCUT2D eigenvalue weighted by Crippen LogP contribution is 2.21. The van der Waals surface area contributed by atoms with E-state index in [4.69, 9.17) is 11.6 Å². The summed E-state index contributed by atoms with van der Waals surface area (Å²) in [5, 5.41) is 6.97. The zero-order chi connectivity index (χ0) is 18.5. The number of nitrogens with zero attached hydrogens (tertiary/aromatic N) is 1. The first-order valence-corrected chi connectivity index (χ1v) is 8.71. The van der Waals surface area contributed by atoms with Crippen LogP contribution in [0.5, 0.6) is 0 Å². The molecule has 0 bridgehead atoms. The molecule has 0 spiro atoms. The maximum Gasteiger partial charge on any atom is 0.257 e. The molecule has 0 radical (unpaired) electrons. The van der Waals surface area contributed by atoms with Gasteiger partial charge >= 0.3 is 0 Å². The van der Waals surface area contributed by atoms with Crippen molar-refractivity contribution in [1.82, 2.24) is 4.98 Å². The number of carbonyl (C=O) groups excluding carboxylic acids is 1. The van der Waals surface area contributed by atoms with Gasteiger partial charge in [0.15, 0.2) is 0 Å².